The van der Waals surface area contributed by atoms with Crippen LogP contribution in [-0.4, -0.2) is 15.5 Å². The molecule has 0 aliphatic carbocycles. The molecule has 1 aromatic carbocycles. The summed E-state index contributed by atoms with van der Waals surface area (Å²) < 4.78 is 1.77. The number of benzene rings is 1. The molecule has 28 heavy (non-hydrogen) atoms. The third kappa shape index (κ3) is 4.58. The van der Waals surface area contributed by atoms with E-state index in [1.807, 2.05) is 41.5 Å². The Hall–Kier alpha value is -1.45. The lowest BCUT2D eigenvalue weighted by Crippen LogP contribution is -2.19. The minimum atomic E-state index is -0.311. The first-order valence-electron chi connectivity index (χ1n) is 9.76. The van der Waals surface area contributed by atoms with E-state index in [4.69, 9.17) is 23.2 Å². The fourth-order valence-electron chi connectivity index (χ4n) is 3.24. The van der Waals surface area contributed by atoms with E-state index in [0.717, 1.165) is 24.0 Å². The lowest BCUT2D eigenvalue weighted by atomic mass is 9.78. The lowest BCUT2D eigenvalue weighted by molar-refractivity contribution is 0.103. The number of aromatic nitrogens is 1. The van der Waals surface area contributed by atoms with Crippen molar-refractivity contribution in [2.24, 2.45) is 0 Å². The first-order valence-corrected chi connectivity index (χ1v) is 10.5. The molecule has 2 rings (SSSR count). The zero-order valence-corrected chi connectivity index (χ0v) is 19.4. The zero-order valence-electron chi connectivity index (χ0n) is 17.9. The molecule has 0 saturated carbocycles. The van der Waals surface area contributed by atoms with E-state index in [1.54, 1.807) is 22.8 Å². The van der Waals surface area contributed by atoms with Crippen LogP contribution in [0.2, 0.25) is 10.3 Å². The summed E-state index contributed by atoms with van der Waals surface area (Å²) in [6.45, 7) is 14.9. The molecule has 0 aliphatic rings. The number of carbonyl (C=O) groups is 1. The Kier molecular flexibility index (Phi) is 6.62. The SMILES string of the molecule is CCCCn1c(Cl)cc(C(=O)c2cc(C(C)(C)C)c(O)c(C(C)(C)C)c2)c1Cl. The third-order valence-corrected chi connectivity index (χ3v) is 5.67. The highest BCUT2D eigenvalue weighted by Crippen LogP contribution is 2.40. The van der Waals surface area contributed by atoms with Crippen molar-refractivity contribution in [1.82, 2.24) is 4.57 Å². The Morgan fingerprint density at radius 2 is 1.50 bits per heavy atom. The van der Waals surface area contributed by atoms with Gasteiger partial charge in [-0.15, -0.1) is 0 Å². The predicted molar refractivity (Wildman–Crippen MR) is 118 cm³/mol. The fraction of sp³-hybridized carbons (Fsp3) is 0.522. The van der Waals surface area contributed by atoms with Gasteiger partial charge in [0.2, 0.25) is 0 Å². The smallest absolute Gasteiger partial charge is 0.196 e. The molecule has 1 aromatic heterocycles. The molecule has 0 fully saturated rings. The van der Waals surface area contributed by atoms with E-state index in [-0.39, 0.29) is 22.4 Å². The summed E-state index contributed by atoms with van der Waals surface area (Å²) in [6, 6.07) is 5.20. The van der Waals surface area contributed by atoms with Crippen LogP contribution in [0.4, 0.5) is 0 Å². The lowest BCUT2D eigenvalue weighted by Gasteiger charge is -2.28. The van der Waals surface area contributed by atoms with Crippen molar-refractivity contribution < 1.29 is 9.90 Å². The van der Waals surface area contributed by atoms with Gasteiger partial charge in [0.1, 0.15) is 16.1 Å². The van der Waals surface area contributed by atoms with Crippen molar-refractivity contribution in [3.63, 3.8) is 0 Å². The Morgan fingerprint density at radius 1 is 1.00 bits per heavy atom. The van der Waals surface area contributed by atoms with Crippen LogP contribution in [0.3, 0.4) is 0 Å². The van der Waals surface area contributed by atoms with Crippen LogP contribution in [0.5, 0.6) is 5.75 Å². The molecule has 0 radical (unpaired) electrons. The summed E-state index contributed by atoms with van der Waals surface area (Å²) in [5.41, 5.74) is 1.78. The van der Waals surface area contributed by atoms with Gasteiger partial charge in [-0.25, -0.2) is 0 Å². The monoisotopic (exact) mass is 423 g/mol. The van der Waals surface area contributed by atoms with Crippen molar-refractivity contribution in [3.05, 3.63) is 50.8 Å². The molecule has 5 heteroatoms. The molecule has 0 amide bonds. The Balaban J connectivity index is 2.64. The van der Waals surface area contributed by atoms with E-state index in [9.17, 15) is 9.90 Å². The summed E-state index contributed by atoms with van der Waals surface area (Å²) in [7, 11) is 0. The van der Waals surface area contributed by atoms with Crippen LogP contribution in [0.1, 0.15) is 88.4 Å². The number of unbranched alkanes of at least 4 members (excludes halogenated alkanes) is 1. The van der Waals surface area contributed by atoms with Gasteiger partial charge in [-0.1, -0.05) is 78.1 Å². The maximum Gasteiger partial charge on any atom is 0.196 e. The number of hydrogen-bond acceptors (Lipinski definition) is 2. The molecule has 2 aromatic rings. The molecule has 154 valence electrons. The molecular weight excluding hydrogens is 393 g/mol. The van der Waals surface area contributed by atoms with Gasteiger partial charge >= 0.3 is 0 Å². The van der Waals surface area contributed by atoms with Crippen molar-refractivity contribution in [3.8, 4) is 5.75 Å². The molecule has 3 nitrogen and oxygen atoms in total. The van der Waals surface area contributed by atoms with E-state index < -0.39 is 0 Å². The normalized spacial score (nSPS) is 12.5. The number of phenols is 1. The average Bonchev–Trinajstić information content (AvgIpc) is 2.84. The number of halogens is 2. The minimum Gasteiger partial charge on any atom is -0.507 e. The van der Waals surface area contributed by atoms with Gasteiger partial charge in [-0.2, -0.15) is 0 Å². The quantitative estimate of drug-likeness (QED) is 0.519. The molecule has 0 atom stereocenters. The molecule has 0 aliphatic heterocycles. The summed E-state index contributed by atoms with van der Waals surface area (Å²) >= 11 is 12.8. The van der Waals surface area contributed by atoms with Crippen molar-refractivity contribution >= 4 is 29.0 Å². The molecule has 0 unspecified atom stereocenters. The van der Waals surface area contributed by atoms with Gasteiger partial charge in [0.15, 0.2) is 5.78 Å². The summed E-state index contributed by atoms with van der Waals surface area (Å²) in [5, 5.41) is 11.7. The second-order valence-electron chi connectivity index (χ2n) is 9.43. The van der Waals surface area contributed by atoms with Crippen LogP contribution in [-0.2, 0) is 17.4 Å². The standard InChI is InChI=1S/C23H31Cl2NO2/c1-8-9-10-26-18(24)13-15(21(26)25)19(27)14-11-16(22(2,3)4)20(28)17(12-14)23(5,6)7/h11-13,28H,8-10H2,1-7H3. The maximum absolute atomic E-state index is 13.3. The largest absolute Gasteiger partial charge is 0.507 e. The summed E-state index contributed by atoms with van der Waals surface area (Å²) in [5.74, 6) is 0.0688. The molecule has 1 N–H and O–H groups in total. The highest BCUT2D eigenvalue weighted by Gasteiger charge is 2.29. The number of rotatable bonds is 5. The zero-order chi connectivity index (χ0) is 21.4. The Labute approximate surface area is 178 Å². The van der Waals surface area contributed by atoms with Crippen LogP contribution in [0.25, 0.3) is 0 Å². The van der Waals surface area contributed by atoms with Crippen molar-refractivity contribution in [1.29, 1.82) is 0 Å². The maximum atomic E-state index is 13.3. The van der Waals surface area contributed by atoms with Crippen LogP contribution >= 0.6 is 23.2 Å². The Bertz CT molecular complexity index is 848. The third-order valence-electron chi connectivity index (χ3n) is 4.95. The second kappa shape index (κ2) is 8.12. The average molecular weight is 424 g/mol. The number of carbonyl (C=O) groups excluding carboxylic acids is 1. The molecular formula is C23H31Cl2NO2. The predicted octanol–water partition coefficient (Wildman–Crippen LogP) is 7.13. The van der Waals surface area contributed by atoms with Crippen LogP contribution in [0, 0.1) is 0 Å². The van der Waals surface area contributed by atoms with Gasteiger partial charge < -0.3 is 9.67 Å². The van der Waals surface area contributed by atoms with Gasteiger partial charge in [-0.3, -0.25) is 4.79 Å². The van der Waals surface area contributed by atoms with Gasteiger partial charge in [0, 0.05) is 23.2 Å². The summed E-state index contributed by atoms with van der Waals surface area (Å²) in [6.07, 6.45) is 1.94. The fourth-order valence-corrected chi connectivity index (χ4v) is 3.88. The number of aromatic hydroxyl groups is 1. The number of phenolic OH excluding ortho intramolecular Hbond substituents is 1. The van der Waals surface area contributed by atoms with E-state index in [0.29, 0.717) is 28.0 Å². The van der Waals surface area contributed by atoms with Gasteiger partial charge in [-0.05, 0) is 35.4 Å². The van der Waals surface area contributed by atoms with E-state index in [2.05, 4.69) is 6.92 Å². The first-order chi connectivity index (χ1) is 12.8. The number of ketones is 1. The van der Waals surface area contributed by atoms with Crippen molar-refractivity contribution in [2.75, 3.05) is 0 Å². The molecule has 0 saturated heterocycles. The van der Waals surface area contributed by atoms with Crippen LogP contribution in [0.15, 0.2) is 18.2 Å². The highest BCUT2D eigenvalue weighted by atomic mass is 35.5. The molecule has 0 spiro atoms. The minimum absolute atomic E-state index is 0.182. The second-order valence-corrected chi connectivity index (χ2v) is 10.2. The number of nitrogens with zero attached hydrogens (tertiary/aromatic N) is 1. The van der Waals surface area contributed by atoms with Gasteiger partial charge in [0.05, 0.1) is 5.56 Å². The first kappa shape index (κ1) is 22.8. The van der Waals surface area contributed by atoms with Crippen LogP contribution < -0.4 is 0 Å². The Morgan fingerprint density at radius 3 is 1.93 bits per heavy atom. The van der Waals surface area contributed by atoms with Gasteiger partial charge in [0.25, 0.3) is 0 Å². The molecule has 1 heterocycles. The van der Waals surface area contributed by atoms with E-state index in [1.165, 1.54) is 0 Å². The van der Waals surface area contributed by atoms with Crippen molar-refractivity contribution in [2.45, 2.75) is 78.7 Å². The highest BCUT2D eigenvalue weighted by molar-refractivity contribution is 6.37. The number of hydrogen-bond donors (Lipinski definition) is 1. The topological polar surface area (TPSA) is 42.2 Å². The summed E-state index contributed by atoms with van der Waals surface area (Å²) in [4.78, 5) is 13.3. The molecule has 0 bridgehead atoms. The van der Waals surface area contributed by atoms with E-state index >= 15 is 0 Å².